The zero-order valence-electron chi connectivity index (χ0n) is 13.3. The van der Waals surface area contributed by atoms with Crippen LogP contribution in [0.2, 0.25) is 0 Å². The van der Waals surface area contributed by atoms with E-state index in [4.69, 9.17) is 10.5 Å². The summed E-state index contributed by atoms with van der Waals surface area (Å²) in [7, 11) is 0. The van der Waals surface area contributed by atoms with Crippen molar-refractivity contribution in [3.8, 4) is 5.75 Å². The molecule has 3 heteroatoms. The minimum absolute atomic E-state index is 0.446. The van der Waals surface area contributed by atoms with Gasteiger partial charge in [0.25, 0.3) is 0 Å². The Labute approximate surface area is 129 Å². The van der Waals surface area contributed by atoms with Crippen molar-refractivity contribution in [2.45, 2.75) is 58.0 Å². The Morgan fingerprint density at radius 1 is 1.14 bits per heavy atom. The first-order valence-corrected chi connectivity index (χ1v) is 8.46. The van der Waals surface area contributed by atoms with E-state index in [2.05, 4.69) is 36.5 Å². The van der Waals surface area contributed by atoms with Crippen LogP contribution in [0.15, 0.2) is 24.3 Å². The Bertz CT molecular complexity index is 383. The highest BCUT2D eigenvalue weighted by Gasteiger charge is 2.17. The van der Waals surface area contributed by atoms with Gasteiger partial charge in [-0.25, -0.2) is 0 Å². The van der Waals surface area contributed by atoms with Crippen molar-refractivity contribution in [3.63, 3.8) is 0 Å². The third-order valence-corrected chi connectivity index (χ3v) is 4.34. The first-order chi connectivity index (χ1) is 10.3. The summed E-state index contributed by atoms with van der Waals surface area (Å²) in [5.41, 5.74) is 7.27. The number of nitrogens with one attached hydrogen (secondary N) is 1. The number of unbranched alkanes of at least 4 members (excludes halogenated alkanes) is 1. The summed E-state index contributed by atoms with van der Waals surface area (Å²) in [5, 5.41) is 3.58. The molecule has 0 aliphatic heterocycles. The molecule has 0 bridgehead atoms. The molecular formula is C18H30N2O. The van der Waals surface area contributed by atoms with Gasteiger partial charge in [0.2, 0.25) is 0 Å². The van der Waals surface area contributed by atoms with Crippen molar-refractivity contribution in [3.05, 3.63) is 29.8 Å². The summed E-state index contributed by atoms with van der Waals surface area (Å²) < 4.78 is 5.68. The largest absolute Gasteiger partial charge is 0.494 e. The summed E-state index contributed by atoms with van der Waals surface area (Å²) >= 11 is 0. The Balaban J connectivity index is 1.64. The summed E-state index contributed by atoms with van der Waals surface area (Å²) in [5.74, 6) is 1.79. The molecule has 0 heterocycles. The van der Waals surface area contributed by atoms with E-state index in [9.17, 15) is 0 Å². The Morgan fingerprint density at radius 3 is 2.52 bits per heavy atom. The standard InChI is InChI=1S/C18H30N2O/c1-2-3-12-21-18-10-6-16(7-11-18)14-20-13-15-4-8-17(19)9-5-15/h6-7,10-11,15,17,20H,2-5,8-9,12-14,19H2,1H3. The number of benzene rings is 1. The molecule has 0 unspecified atom stereocenters. The van der Waals surface area contributed by atoms with Crippen molar-refractivity contribution >= 4 is 0 Å². The van der Waals surface area contributed by atoms with E-state index in [1.807, 2.05) is 0 Å². The molecule has 1 aliphatic rings. The average molecular weight is 290 g/mol. The lowest BCUT2D eigenvalue weighted by molar-refractivity contribution is 0.309. The second-order valence-corrected chi connectivity index (χ2v) is 6.26. The fourth-order valence-corrected chi connectivity index (χ4v) is 2.85. The van der Waals surface area contributed by atoms with Crippen molar-refractivity contribution in [1.29, 1.82) is 0 Å². The zero-order chi connectivity index (χ0) is 14.9. The van der Waals surface area contributed by atoms with Crippen LogP contribution >= 0.6 is 0 Å². The predicted octanol–water partition coefficient (Wildman–Crippen LogP) is 3.47. The molecular weight excluding hydrogens is 260 g/mol. The maximum atomic E-state index is 5.94. The van der Waals surface area contributed by atoms with Crippen LogP contribution in [0.4, 0.5) is 0 Å². The van der Waals surface area contributed by atoms with E-state index < -0.39 is 0 Å². The van der Waals surface area contributed by atoms with Crippen molar-refractivity contribution < 1.29 is 4.74 Å². The first-order valence-electron chi connectivity index (χ1n) is 8.46. The maximum absolute atomic E-state index is 5.94. The van der Waals surface area contributed by atoms with Crippen molar-refractivity contribution in [2.24, 2.45) is 11.7 Å². The summed E-state index contributed by atoms with van der Waals surface area (Å²) in [6.45, 7) is 5.05. The molecule has 0 radical (unpaired) electrons. The van der Waals surface area contributed by atoms with Gasteiger partial charge >= 0.3 is 0 Å². The van der Waals surface area contributed by atoms with Gasteiger partial charge in [-0.1, -0.05) is 25.5 Å². The minimum atomic E-state index is 0.446. The van der Waals surface area contributed by atoms with Crippen LogP contribution in [-0.4, -0.2) is 19.2 Å². The number of hydrogen-bond acceptors (Lipinski definition) is 3. The van der Waals surface area contributed by atoms with Gasteiger partial charge in [-0.3, -0.25) is 0 Å². The highest BCUT2D eigenvalue weighted by atomic mass is 16.5. The highest BCUT2D eigenvalue weighted by Crippen LogP contribution is 2.22. The molecule has 3 N–H and O–H groups in total. The molecule has 118 valence electrons. The topological polar surface area (TPSA) is 47.3 Å². The first kappa shape index (κ1) is 16.3. The lowest BCUT2D eigenvalue weighted by Crippen LogP contribution is -2.31. The number of rotatable bonds is 8. The van der Waals surface area contributed by atoms with Crippen LogP contribution in [0.1, 0.15) is 51.0 Å². The van der Waals surface area contributed by atoms with Gasteiger partial charge in [0.15, 0.2) is 0 Å². The molecule has 1 aromatic carbocycles. The SMILES string of the molecule is CCCCOc1ccc(CNCC2CCC(N)CC2)cc1. The highest BCUT2D eigenvalue weighted by molar-refractivity contribution is 5.27. The molecule has 0 spiro atoms. The Morgan fingerprint density at radius 2 is 1.86 bits per heavy atom. The second-order valence-electron chi connectivity index (χ2n) is 6.26. The van der Waals surface area contributed by atoms with E-state index in [-0.39, 0.29) is 0 Å². The summed E-state index contributed by atoms with van der Waals surface area (Å²) in [4.78, 5) is 0. The van der Waals surface area contributed by atoms with Crippen molar-refractivity contribution in [2.75, 3.05) is 13.2 Å². The van der Waals surface area contributed by atoms with Crippen LogP contribution in [0, 0.1) is 5.92 Å². The molecule has 3 nitrogen and oxygen atoms in total. The average Bonchev–Trinajstić information content (AvgIpc) is 2.51. The second kappa shape index (κ2) is 9.06. The molecule has 21 heavy (non-hydrogen) atoms. The van der Waals surface area contributed by atoms with Gasteiger partial charge in [0.1, 0.15) is 5.75 Å². The number of ether oxygens (including phenoxy) is 1. The molecule has 1 saturated carbocycles. The Kier molecular flexibility index (Phi) is 7.04. The Hall–Kier alpha value is -1.06. The molecule has 0 amide bonds. The van der Waals surface area contributed by atoms with Crippen molar-refractivity contribution in [1.82, 2.24) is 5.32 Å². The third kappa shape index (κ3) is 6.06. The lowest BCUT2D eigenvalue weighted by Gasteiger charge is -2.26. The molecule has 1 aromatic rings. The monoisotopic (exact) mass is 290 g/mol. The molecule has 2 rings (SSSR count). The third-order valence-electron chi connectivity index (χ3n) is 4.34. The van der Waals surface area contributed by atoms with Crippen LogP contribution in [0.5, 0.6) is 5.75 Å². The predicted molar refractivity (Wildman–Crippen MR) is 88.5 cm³/mol. The zero-order valence-corrected chi connectivity index (χ0v) is 13.3. The molecule has 0 saturated heterocycles. The van der Waals surface area contributed by atoms with E-state index in [1.54, 1.807) is 0 Å². The molecule has 1 aliphatic carbocycles. The quantitative estimate of drug-likeness (QED) is 0.721. The van der Waals surface area contributed by atoms with Gasteiger partial charge in [0, 0.05) is 12.6 Å². The van der Waals surface area contributed by atoms with Gasteiger partial charge < -0.3 is 15.8 Å². The normalized spacial score (nSPS) is 22.2. The van der Waals surface area contributed by atoms with E-state index in [0.29, 0.717) is 6.04 Å². The van der Waals surface area contributed by atoms with Crippen LogP contribution < -0.4 is 15.8 Å². The fourth-order valence-electron chi connectivity index (χ4n) is 2.85. The van der Waals surface area contributed by atoms with Crippen LogP contribution in [0.25, 0.3) is 0 Å². The molecule has 0 atom stereocenters. The number of hydrogen-bond donors (Lipinski definition) is 2. The minimum Gasteiger partial charge on any atom is -0.494 e. The molecule has 0 aromatic heterocycles. The molecule has 1 fully saturated rings. The van der Waals surface area contributed by atoms with E-state index in [0.717, 1.165) is 37.8 Å². The van der Waals surface area contributed by atoms with E-state index in [1.165, 1.54) is 37.7 Å². The van der Waals surface area contributed by atoms with Crippen LogP contribution in [-0.2, 0) is 6.54 Å². The number of nitrogens with two attached hydrogens (primary N) is 1. The van der Waals surface area contributed by atoms with E-state index >= 15 is 0 Å². The van der Waals surface area contributed by atoms with Gasteiger partial charge in [-0.05, 0) is 62.3 Å². The van der Waals surface area contributed by atoms with Gasteiger partial charge in [-0.15, -0.1) is 0 Å². The smallest absolute Gasteiger partial charge is 0.119 e. The van der Waals surface area contributed by atoms with Crippen LogP contribution in [0.3, 0.4) is 0 Å². The van der Waals surface area contributed by atoms with Gasteiger partial charge in [-0.2, -0.15) is 0 Å². The summed E-state index contributed by atoms with van der Waals surface area (Å²) in [6.07, 6.45) is 7.23. The maximum Gasteiger partial charge on any atom is 0.119 e. The lowest BCUT2D eigenvalue weighted by atomic mass is 9.86. The summed E-state index contributed by atoms with van der Waals surface area (Å²) in [6, 6.07) is 8.91. The fraction of sp³-hybridized carbons (Fsp3) is 0.667. The van der Waals surface area contributed by atoms with Gasteiger partial charge in [0.05, 0.1) is 6.61 Å².